The van der Waals surface area contributed by atoms with E-state index in [0.717, 1.165) is 27.7 Å². The van der Waals surface area contributed by atoms with E-state index in [1.165, 1.54) is 36.4 Å². The maximum Gasteiger partial charge on any atom is 0.322 e. The Balaban J connectivity index is 1.61. The zero-order valence-electron chi connectivity index (χ0n) is 20.9. The Hall–Kier alpha value is -4.13. The summed E-state index contributed by atoms with van der Waals surface area (Å²) >= 11 is 0. The Morgan fingerprint density at radius 1 is 1.08 bits per heavy atom. The predicted molar refractivity (Wildman–Crippen MR) is 143 cm³/mol. The number of aromatic nitrogens is 1. The number of nitrogens with zero attached hydrogens (tertiary/aromatic N) is 1. The van der Waals surface area contributed by atoms with E-state index < -0.39 is 22.0 Å². The number of aliphatic carboxylic acids is 1. The maximum absolute atomic E-state index is 13.4. The van der Waals surface area contributed by atoms with Crippen LogP contribution in [-0.2, 0) is 27.8 Å². The van der Waals surface area contributed by atoms with E-state index in [9.17, 15) is 22.7 Å². The van der Waals surface area contributed by atoms with Crippen LogP contribution in [0, 0.1) is 24.6 Å². The van der Waals surface area contributed by atoms with Crippen LogP contribution in [-0.4, -0.2) is 36.7 Å². The van der Waals surface area contributed by atoms with Crippen LogP contribution in [0.5, 0.6) is 5.75 Å². The van der Waals surface area contributed by atoms with Crippen LogP contribution in [0.1, 0.15) is 23.7 Å². The van der Waals surface area contributed by atoms with Gasteiger partial charge in [0.2, 0.25) is 10.0 Å². The fraction of sp³-hybridized carbons (Fsp3) is 0.207. The summed E-state index contributed by atoms with van der Waals surface area (Å²) in [6.07, 6.45) is -0.0613. The fourth-order valence-corrected chi connectivity index (χ4v) is 5.47. The van der Waals surface area contributed by atoms with Crippen molar-refractivity contribution in [2.24, 2.45) is 0 Å². The van der Waals surface area contributed by atoms with Gasteiger partial charge in [-0.05, 0) is 67.4 Å². The number of carboxylic acids is 1. The molecule has 0 saturated carbocycles. The molecule has 2 N–H and O–H groups in total. The molecule has 0 radical (unpaired) electrons. The number of fused-ring (bicyclic) bond motifs is 1. The monoisotopic (exact) mass is 534 g/mol. The molecule has 0 fully saturated rings. The standard InChI is InChI=1S/C29H27FN2O5S/c1-3-4-17-37-23-13-15-24(16-14-23)38(35,36)31-27(29(33)34)18-26-20(2)32(28-8-6-5-7-25(26)28)19-21-9-11-22(30)12-10-21/h5-16,27,31H,17-19H2,1-2H3,(H,33,34). The van der Waals surface area contributed by atoms with Crippen LogP contribution in [0.15, 0.2) is 77.7 Å². The number of sulfonamides is 1. The largest absolute Gasteiger partial charge is 0.481 e. The summed E-state index contributed by atoms with van der Waals surface area (Å²) in [4.78, 5) is 12.1. The van der Waals surface area contributed by atoms with Crippen molar-refractivity contribution in [1.82, 2.24) is 9.29 Å². The zero-order chi connectivity index (χ0) is 27.3. The van der Waals surface area contributed by atoms with Gasteiger partial charge in [0.25, 0.3) is 0 Å². The van der Waals surface area contributed by atoms with Gasteiger partial charge in [-0.15, -0.1) is 5.92 Å². The van der Waals surface area contributed by atoms with Gasteiger partial charge in [0.05, 0.1) is 4.90 Å². The summed E-state index contributed by atoms with van der Waals surface area (Å²) in [6.45, 7) is 4.19. The highest BCUT2D eigenvalue weighted by molar-refractivity contribution is 7.89. The number of rotatable bonds is 10. The van der Waals surface area contributed by atoms with E-state index in [4.69, 9.17) is 4.74 Å². The van der Waals surface area contributed by atoms with Crippen LogP contribution in [0.4, 0.5) is 4.39 Å². The first-order chi connectivity index (χ1) is 18.2. The van der Waals surface area contributed by atoms with Crippen LogP contribution in [0.2, 0.25) is 0 Å². The summed E-state index contributed by atoms with van der Waals surface area (Å²) < 4.78 is 49.3. The van der Waals surface area contributed by atoms with E-state index in [1.807, 2.05) is 35.8 Å². The van der Waals surface area contributed by atoms with Gasteiger partial charge in [0.1, 0.15) is 24.2 Å². The average Bonchev–Trinajstić information content (AvgIpc) is 3.16. The summed E-state index contributed by atoms with van der Waals surface area (Å²) in [6, 6.07) is 18.0. The molecule has 1 atom stereocenters. The number of halogens is 1. The lowest BCUT2D eigenvalue weighted by atomic mass is 10.0. The van der Waals surface area contributed by atoms with Crippen molar-refractivity contribution >= 4 is 26.9 Å². The molecule has 38 heavy (non-hydrogen) atoms. The van der Waals surface area contributed by atoms with Gasteiger partial charge in [-0.1, -0.05) is 36.3 Å². The molecule has 0 aliphatic rings. The van der Waals surface area contributed by atoms with E-state index in [1.54, 1.807) is 19.1 Å². The third-order valence-corrected chi connectivity index (χ3v) is 7.73. The van der Waals surface area contributed by atoms with Crippen molar-refractivity contribution < 1.29 is 27.4 Å². The summed E-state index contributed by atoms with van der Waals surface area (Å²) in [5, 5.41) is 10.8. The normalized spacial score (nSPS) is 12.1. The molecule has 1 aromatic heterocycles. The molecule has 4 rings (SSSR count). The molecule has 0 bridgehead atoms. The van der Waals surface area contributed by atoms with Crippen molar-refractivity contribution in [3.8, 4) is 17.6 Å². The number of hydrogen-bond acceptors (Lipinski definition) is 4. The molecule has 9 heteroatoms. The second kappa shape index (κ2) is 11.5. The molecule has 0 amide bonds. The van der Waals surface area contributed by atoms with Crippen LogP contribution in [0.25, 0.3) is 10.9 Å². The van der Waals surface area contributed by atoms with Gasteiger partial charge in [-0.2, -0.15) is 4.72 Å². The van der Waals surface area contributed by atoms with E-state index in [-0.39, 0.29) is 23.7 Å². The smallest absolute Gasteiger partial charge is 0.322 e. The molecule has 3 aromatic carbocycles. The first kappa shape index (κ1) is 26.9. The second-order valence-electron chi connectivity index (χ2n) is 8.70. The highest BCUT2D eigenvalue weighted by atomic mass is 32.2. The number of carboxylic acid groups (broad SMARTS) is 1. The highest BCUT2D eigenvalue weighted by Gasteiger charge is 2.28. The molecule has 1 unspecified atom stereocenters. The molecule has 196 valence electrons. The van der Waals surface area contributed by atoms with Crippen molar-refractivity contribution in [2.45, 2.75) is 37.8 Å². The van der Waals surface area contributed by atoms with Gasteiger partial charge in [0, 0.05) is 29.6 Å². The Kier molecular flexibility index (Phi) is 8.15. The zero-order valence-corrected chi connectivity index (χ0v) is 21.8. The Labute approximate surface area is 220 Å². The number of benzene rings is 3. The molecule has 0 spiro atoms. The minimum absolute atomic E-state index is 0.0613. The van der Waals surface area contributed by atoms with Gasteiger partial charge in [-0.25, -0.2) is 12.8 Å². The van der Waals surface area contributed by atoms with Gasteiger partial charge < -0.3 is 14.4 Å². The highest BCUT2D eigenvalue weighted by Crippen LogP contribution is 2.28. The Morgan fingerprint density at radius 3 is 2.42 bits per heavy atom. The topological polar surface area (TPSA) is 97.6 Å². The predicted octanol–water partition coefficient (Wildman–Crippen LogP) is 4.51. The summed E-state index contributed by atoms with van der Waals surface area (Å²) in [5.74, 6) is 4.29. The fourth-order valence-electron chi connectivity index (χ4n) is 4.28. The lowest BCUT2D eigenvalue weighted by molar-refractivity contribution is -0.138. The van der Waals surface area contributed by atoms with E-state index in [2.05, 4.69) is 16.6 Å². The third kappa shape index (κ3) is 6.05. The molecule has 0 saturated heterocycles. The Morgan fingerprint density at radius 2 is 1.76 bits per heavy atom. The molecular weight excluding hydrogens is 507 g/mol. The summed E-state index contributed by atoms with van der Waals surface area (Å²) in [7, 11) is -4.14. The van der Waals surface area contributed by atoms with Crippen LogP contribution in [0.3, 0.4) is 0 Å². The SMILES string of the molecule is CC#CCOc1ccc(S(=O)(=O)NC(Cc2c(C)n(Cc3ccc(F)cc3)c3ccccc23)C(=O)O)cc1. The van der Waals surface area contributed by atoms with Crippen molar-refractivity contribution in [3.05, 3.63) is 95.4 Å². The van der Waals surface area contributed by atoms with Crippen LogP contribution >= 0.6 is 0 Å². The second-order valence-corrected chi connectivity index (χ2v) is 10.4. The molecular formula is C29H27FN2O5S. The Bertz CT molecular complexity index is 1620. The van der Waals surface area contributed by atoms with Gasteiger partial charge in [-0.3, -0.25) is 4.79 Å². The number of ether oxygens (including phenoxy) is 1. The van der Waals surface area contributed by atoms with Crippen molar-refractivity contribution in [2.75, 3.05) is 6.61 Å². The first-order valence-electron chi connectivity index (χ1n) is 11.9. The number of hydrogen-bond donors (Lipinski definition) is 2. The quantitative estimate of drug-likeness (QED) is 0.292. The van der Waals surface area contributed by atoms with E-state index >= 15 is 0 Å². The van der Waals surface area contributed by atoms with Gasteiger partial charge in [0.15, 0.2) is 0 Å². The lowest BCUT2D eigenvalue weighted by Crippen LogP contribution is -2.42. The minimum Gasteiger partial charge on any atom is -0.481 e. The van der Waals surface area contributed by atoms with Gasteiger partial charge >= 0.3 is 5.97 Å². The molecule has 4 aromatic rings. The molecule has 0 aliphatic carbocycles. The first-order valence-corrected chi connectivity index (χ1v) is 13.4. The van der Waals surface area contributed by atoms with Crippen molar-refractivity contribution in [1.29, 1.82) is 0 Å². The number of para-hydroxylation sites is 1. The maximum atomic E-state index is 13.4. The molecule has 7 nitrogen and oxygen atoms in total. The van der Waals surface area contributed by atoms with E-state index in [0.29, 0.717) is 12.3 Å². The van der Waals surface area contributed by atoms with Crippen LogP contribution < -0.4 is 9.46 Å². The summed E-state index contributed by atoms with van der Waals surface area (Å²) in [5.41, 5.74) is 3.28. The lowest BCUT2D eigenvalue weighted by Gasteiger charge is -2.16. The minimum atomic E-state index is -4.14. The molecule has 1 heterocycles. The number of nitrogens with one attached hydrogen (secondary N) is 1. The van der Waals surface area contributed by atoms with Crippen molar-refractivity contribution in [3.63, 3.8) is 0 Å². The third-order valence-electron chi connectivity index (χ3n) is 6.24. The average molecular weight is 535 g/mol. The number of carbonyl (C=O) groups is 1. The molecule has 0 aliphatic heterocycles.